The number of carbonyl (C=O) groups excluding carboxylic acids is 1. The third kappa shape index (κ3) is 5.18. The number of pyridine rings is 1. The maximum Gasteiger partial charge on any atom is 0.223 e. The van der Waals surface area contributed by atoms with Gasteiger partial charge in [-0.25, -0.2) is 4.39 Å². The molecule has 0 atom stereocenters. The van der Waals surface area contributed by atoms with Gasteiger partial charge in [0.2, 0.25) is 5.91 Å². The second kappa shape index (κ2) is 10.2. The number of fused-ring (bicyclic) bond motifs is 1. The fraction of sp³-hybridized carbons (Fsp3) is 0.286. The van der Waals surface area contributed by atoms with Crippen LogP contribution in [-0.2, 0) is 24.4 Å². The molecule has 34 heavy (non-hydrogen) atoms. The van der Waals surface area contributed by atoms with Gasteiger partial charge in [-0.1, -0.05) is 36.4 Å². The number of amides is 1. The molecule has 5 rings (SSSR count). The molecule has 0 spiro atoms. The molecule has 6 heteroatoms. The Bertz CT molecular complexity index is 1240. The van der Waals surface area contributed by atoms with Gasteiger partial charge in [-0.3, -0.25) is 14.7 Å². The molecular formula is C28H29FN4O. The van der Waals surface area contributed by atoms with Crippen molar-refractivity contribution in [3.63, 3.8) is 0 Å². The number of hydrogen-bond donors (Lipinski definition) is 1. The topological polar surface area (TPSA) is 50.2 Å². The Labute approximate surface area is 199 Å². The zero-order chi connectivity index (χ0) is 23.3. The molecule has 2 aromatic carbocycles. The van der Waals surface area contributed by atoms with Crippen molar-refractivity contribution in [2.24, 2.45) is 5.92 Å². The number of rotatable bonds is 7. The van der Waals surface area contributed by atoms with Crippen LogP contribution >= 0.6 is 0 Å². The average molecular weight is 457 g/mol. The van der Waals surface area contributed by atoms with Crippen LogP contribution in [0.3, 0.4) is 0 Å². The summed E-state index contributed by atoms with van der Waals surface area (Å²) in [6, 6.07) is 21.2. The lowest BCUT2D eigenvalue weighted by Crippen LogP contribution is -2.40. The lowest BCUT2D eigenvalue weighted by atomic mass is 9.95. The van der Waals surface area contributed by atoms with Gasteiger partial charge in [0.1, 0.15) is 5.82 Å². The highest BCUT2D eigenvalue weighted by Gasteiger charge is 2.25. The van der Waals surface area contributed by atoms with Gasteiger partial charge in [-0.05, 0) is 72.8 Å². The summed E-state index contributed by atoms with van der Waals surface area (Å²) in [4.78, 5) is 19.2. The highest BCUT2D eigenvalue weighted by Crippen LogP contribution is 2.25. The standard InChI is InChI=1S/C28H29FN4O/c29-25-9-7-21(8-10-25)19-33-26(16-24-5-1-2-6-27(24)33)20-32-14-11-23(12-15-32)28(34)31-18-22-4-3-13-30-17-22/h1-10,13,16-17,23H,11-12,14-15,18-20H2,(H,31,34). The summed E-state index contributed by atoms with van der Waals surface area (Å²) < 4.78 is 15.7. The number of benzene rings is 2. The van der Waals surface area contributed by atoms with Gasteiger partial charge in [0, 0.05) is 49.2 Å². The van der Waals surface area contributed by atoms with Crippen molar-refractivity contribution >= 4 is 16.8 Å². The van der Waals surface area contributed by atoms with Gasteiger partial charge in [0.05, 0.1) is 0 Å². The van der Waals surface area contributed by atoms with Crippen LogP contribution in [0.2, 0.25) is 0 Å². The molecule has 2 aromatic heterocycles. The minimum atomic E-state index is -0.214. The molecule has 1 aliphatic rings. The number of nitrogens with one attached hydrogen (secondary N) is 1. The second-order valence-corrected chi connectivity index (χ2v) is 9.04. The van der Waals surface area contributed by atoms with E-state index in [0.717, 1.165) is 43.6 Å². The molecule has 1 saturated heterocycles. The number of para-hydroxylation sites is 1. The third-order valence-electron chi connectivity index (χ3n) is 6.68. The Morgan fingerprint density at radius 2 is 1.76 bits per heavy atom. The largest absolute Gasteiger partial charge is 0.352 e. The quantitative estimate of drug-likeness (QED) is 0.437. The van der Waals surface area contributed by atoms with Crippen molar-refractivity contribution in [3.05, 3.63) is 102 Å². The monoisotopic (exact) mass is 456 g/mol. The Balaban J connectivity index is 1.23. The van der Waals surface area contributed by atoms with E-state index in [4.69, 9.17) is 0 Å². The van der Waals surface area contributed by atoms with Crippen molar-refractivity contribution in [1.29, 1.82) is 0 Å². The molecule has 174 valence electrons. The summed E-state index contributed by atoms with van der Waals surface area (Å²) in [7, 11) is 0. The summed E-state index contributed by atoms with van der Waals surface area (Å²) in [5.74, 6) is -0.0272. The molecule has 0 bridgehead atoms. The molecule has 1 amide bonds. The van der Waals surface area contributed by atoms with Crippen LogP contribution in [0.25, 0.3) is 10.9 Å². The van der Waals surface area contributed by atoms with Crippen molar-refractivity contribution in [3.8, 4) is 0 Å². The lowest BCUT2D eigenvalue weighted by Gasteiger charge is -2.31. The first kappa shape index (κ1) is 22.3. The smallest absolute Gasteiger partial charge is 0.223 e. The summed E-state index contributed by atoms with van der Waals surface area (Å²) in [6.45, 7) is 3.85. The molecule has 3 heterocycles. The van der Waals surface area contributed by atoms with Crippen LogP contribution in [0.15, 0.2) is 79.1 Å². The maximum absolute atomic E-state index is 13.4. The van der Waals surface area contributed by atoms with Crippen LogP contribution in [0, 0.1) is 11.7 Å². The van der Waals surface area contributed by atoms with Gasteiger partial charge in [-0.15, -0.1) is 0 Å². The Kier molecular flexibility index (Phi) is 6.67. The van der Waals surface area contributed by atoms with Crippen molar-refractivity contribution in [2.45, 2.75) is 32.5 Å². The average Bonchev–Trinajstić information content (AvgIpc) is 3.21. The van der Waals surface area contributed by atoms with Gasteiger partial charge >= 0.3 is 0 Å². The number of aromatic nitrogens is 2. The van der Waals surface area contributed by atoms with Crippen molar-refractivity contribution in [1.82, 2.24) is 19.8 Å². The van der Waals surface area contributed by atoms with E-state index >= 15 is 0 Å². The molecule has 0 radical (unpaired) electrons. The van der Waals surface area contributed by atoms with Gasteiger partial charge < -0.3 is 9.88 Å². The fourth-order valence-electron chi connectivity index (χ4n) is 4.78. The maximum atomic E-state index is 13.4. The molecule has 5 nitrogen and oxygen atoms in total. The van der Waals surface area contributed by atoms with E-state index < -0.39 is 0 Å². The van der Waals surface area contributed by atoms with Gasteiger partial charge in [-0.2, -0.15) is 0 Å². The van der Waals surface area contributed by atoms with E-state index in [-0.39, 0.29) is 17.6 Å². The molecule has 1 fully saturated rings. The number of likely N-dealkylation sites (tertiary alicyclic amines) is 1. The van der Waals surface area contributed by atoms with E-state index in [1.165, 1.54) is 28.7 Å². The fourth-order valence-corrected chi connectivity index (χ4v) is 4.78. The van der Waals surface area contributed by atoms with Crippen molar-refractivity contribution < 1.29 is 9.18 Å². The van der Waals surface area contributed by atoms with Gasteiger partial charge in [0.25, 0.3) is 0 Å². The second-order valence-electron chi connectivity index (χ2n) is 9.04. The molecule has 1 aliphatic heterocycles. The highest BCUT2D eigenvalue weighted by molar-refractivity contribution is 5.81. The Hall–Kier alpha value is -3.51. The predicted molar refractivity (Wildman–Crippen MR) is 132 cm³/mol. The summed E-state index contributed by atoms with van der Waals surface area (Å²) in [6.07, 6.45) is 5.24. The Morgan fingerprint density at radius 1 is 0.971 bits per heavy atom. The van der Waals surface area contributed by atoms with Crippen LogP contribution < -0.4 is 5.32 Å². The van der Waals surface area contributed by atoms with Crippen LogP contribution in [0.1, 0.15) is 29.7 Å². The first-order valence-electron chi connectivity index (χ1n) is 11.9. The molecule has 1 N–H and O–H groups in total. The highest BCUT2D eigenvalue weighted by atomic mass is 19.1. The number of nitrogens with zero attached hydrogens (tertiary/aromatic N) is 3. The predicted octanol–water partition coefficient (Wildman–Crippen LogP) is 4.75. The number of hydrogen-bond acceptors (Lipinski definition) is 3. The number of halogens is 1. The zero-order valence-electron chi connectivity index (χ0n) is 19.2. The summed E-state index contributed by atoms with van der Waals surface area (Å²) in [5, 5.41) is 4.28. The number of piperidine rings is 1. The van der Waals surface area contributed by atoms with Crippen molar-refractivity contribution in [2.75, 3.05) is 13.1 Å². The van der Waals surface area contributed by atoms with E-state index in [1.54, 1.807) is 12.4 Å². The van der Waals surface area contributed by atoms with Crippen LogP contribution in [0.5, 0.6) is 0 Å². The van der Waals surface area contributed by atoms with Crippen LogP contribution in [-0.4, -0.2) is 33.4 Å². The summed E-state index contributed by atoms with van der Waals surface area (Å²) in [5.41, 5.74) is 4.52. The van der Waals surface area contributed by atoms with E-state index in [0.29, 0.717) is 13.1 Å². The number of carbonyl (C=O) groups is 1. The normalized spacial score (nSPS) is 15.0. The van der Waals surface area contributed by atoms with Crippen LogP contribution in [0.4, 0.5) is 4.39 Å². The molecule has 0 aliphatic carbocycles. The lowest BCUT2D eigenvalue weighted by molar-refractivity contribution is -0.126. The molecule has 0 unspecified atom stereocenters. The van der Waals surface area contributed by atoms with E-state index in [1.807, 2.05) is 24.3 Å². The van der Waals surface area contributed by atoms with E-state index in [2.05, 4.69) is 50.1 Å². The Morgan fingerprint density at radius 3 is 2.53 bits per heavy atom. The van der Waals surface area contributed by atoms with Gasteiger partial charge in [0.15, 0.2) is 0 Å². The van der Waals surface area contributed by atoms with E-state index in [9.17, 15) is 9.18 Å². The first-order valence-corrected chi connectivity index (χ1v) is 11.9. The zero-order valence-corrected chi connectivity index (χ0v) is 19.2. The third-order valence-corrected chi connectivity index (χ3v) is 6.68. The molecule has 0 saturated carbocycles. The minimum Gasteiger partial charge on any atom is -0.352 e. The summed E-state index contributed by atoms with van der Waals surface area (Å²) >= 11 is 0. The molecular weight excluding hydrogens is 427 g/mol. The molecule has 4 aromatic rings. The first-order chi connectivity index (χ1) is 16.7. The minimum absolute atomic E-state index is 0.0537. The SMILES string of the molecule is O=C(NCc1cccnc1)C1CCN(Cc2cc3ccccc3n2Cc2ccc(F)cc2)CC1.